The molecule has 0 fully saturated rings. The van der Waals surface area contributed by atoms with Crippen LogP contribution in [-0.2, 0) is 0 Å². The standard InChI is InChI=1S/C72H43NO2/c1-2-14-48-41-49(32-29-44(48)13-1)45-27-30-46(31-28-45)69-57-17-3-5-19-59(57)70(60-20-6-4-18-58(60)69)47-33-37-52(38-34-47)73-65-39-35-50(53-21-11-23-61-55-15-7-9-25-67(55)74-71(53)61)42-63(65)64-43-51(36-40-66(64)73)54-22-12-24-62-56-16-8-10-26-68(56)75-72(54)62/h1-43H. The van der Waals surface area contributed by atoms with Gasteiger partial charge >= 0.3 is 0 Å². The summed E-state index contributed by atoms with van der Waals surface area (Å²) in [6.07, 6.45) is 0. The van der Waals surface area contributed by atoms with Crippen molar-refractivity contribution >= 4 is 98.0 Å². The lowest BCUT2D eigenvalue weighted by Gasteiger charge is -2.18. The smallest absolute Gasteiger partial charge is 0.143 e. The molecule has 16 rings (SSSR count). The summed E-state index contributed by atoms with van der Waals surface area (Å²) in [7, 11) is 0. The molecule has 3 aromatic heterocycles. The molecule has 0 unspecified atom stereocenters. The SMILES string of the molecule is c1ccc2cc(-c3ccc(-c4c5ccccc5c(-c5ccc(-n6c7ccc(-c8cccc9c8oc8ccccc89)cc7c7cc(-c8cccc9c8oc8ccccc89)ccc76)cc5)c5ccccc45)cc3)ccc2c1. The molecule has 3 nitrogen and oxygen atoms in total. The Bertz CT molecular complexity index is 4760. The van der Waals surface area contributed by atoms with Gasteiger partial charge in [0.2, 0.25) is 0 Å². The van der Waals surface area contributed by atoms with Gasteiger partial charge in [0.15, 0.2) is 0 Å². The van der Waals surface area contributed by atoms with E-state index in [0.717, 1.165) is 93.6 Å². The molecule has 3 heteroatoms. The Kier molecular flexibility index (Phi) is 9.04. The minimum absolute atomic E-state index is 0.894. The Morgan fingerprint density at radius 2 is 0.640 bits per heavy atom. The van der Waals surface area contributed by atoms with Crippen LogP contribution in [0.2, 0.25) is 0 Å². The third kappa shape index (κ3) is 6.41. The zero-order chi connectivity index (χ0) is 49.1. The monoisotopic (exact) mass is 953 g/mol. The maximum Gasteiger partial charge on any atom is 0.143 e. The van der Waals surface area contributed by atoms with Crippen molar-refractivity contribution < 1.29 is 8.83 Å². The van der Waals surface area contributed by atoms with Crippen molar-refractivity contribution in [3.05, 3.63) is 261 Å². The first kappa shape index (κ1) is 41.6. The highest BCUT2D eigenvalue weighted by Crippen LogP contribution is 2.46. The average molecular weight is 954 g/mol. The van der Waals surface area contributed by atoms with Crippen LogP contribution in [0.1, 0.15) is 0 Å². The van der Waals surface area contributed by atoms with Crippen molar-refractivity contribution in [3.63, 3.8) is 0 Å². The van der Waals surface area contributed by atoms with Gasteiger partial charge in [0.1, 0.15) is 22.3 Å². The van der Waals surface area contributed by atoms with E-state index >= 15 is 0 Å². The van der Waals surface area contributed by atoms with Gasteiger partial charge in [-0.3, -0.25) is 0 Å². The summed E-state index contributed by atoms with van der Waals surface area (Å²) in [4.78, 5) is 0. The van der Waals surface area contributed by atoms with E-state index in [1.165, 1.54) is 65.7 Å². The van der Waals surface area contributed by atoms with Gasteiger partial charge in [0.05, 0.1) is 11.0 Å². The van der Waals surface area contributed by atoms with Crippen LogP contribution in [0.4, 0.5) is 0 Å². The van der Waals surface area contributed by atoms with Crippen LogP contribution in [0.3, 0.4) is 0 Å². The van der Waals surface area contributed by atoms with E-state index in [4.69, 9.17) is 8.83 Å². The van der Waals surface area contributed by atoms with Crippen molar-refractivity contribution in [3.8, 4) is 61.3 Å². The third-order valence-electron chi connectivity index (χ3n) is 15.8. The summed E-state index contributed by atoms with van der Waals surface area (Å²) in [5, 5.41) is 14.2. The van der Waals surface area contributed by atoms with Gasteiger partial charge in [0.25, 0.3) is 0 Å². The van der Waals surface area contributed by atoms with Crippen LogP contribution < -0.4 is 0 Å². The second kappa shape index (κ2) is 16.3. The van der Waals surface area contributed by atoms with Crippen LogP contribution in [0.5, 0.6) is 0 Å². The number of nitrogens with zero attached hydrogens (tertiary/aromatic N) is 1. The number of rotatable bonds is 6. The van der Waals surface area contributed by atoms with Crippen LogP contribution in [0.15, 0.2) is 270 Å². The molecule has 0 atom stereocenters. The fraction of sp³-hybridized carbons (Fsp3) is 0. The lowest BCUT2D eigenvalue weighted by atomic mass is 9.85. The lowest BCUT2D eigenvalue weighted by Crippen LogP contribution is -1.95. The summed E-state index contributed by atoms with van der Waals surface area (Å²) >= 11 is 0. The first-order chi connectivity index (χ1) is 37.2. The Morgan fingerprint density at radius 3 is 1.16 bits per heavy atom. The number of hydrogen-bond acceptors (Lipinski definition) is 2. The van der Waals surface area contributed by atoms with Gasteiger partial charge < -0.3 is 13.4 Å². The molecule has 0 saturated heterocycles. The predicted octanol–water partition coefficient (Wildman–Crippen LogP) is 20.4. The van der Waals surface area contributed by atoms with E-state index < -0.39 is 0 Å². The minimum atomic E-state index is 0.894. The molecular weight excluding hydrogens is 911 g/mol. The molecule has 75 heavy (non-hydrogen) atoms. The van der Waals surface area contributed by atoms with Gasteiger partial charge in [-0.05, 0) is 131 Å². The summed E-state index contributed by atoms with van der Waals surface area (Å²) in [5.74, 6) is 0. The highest BCUT2D eigenvalue weighted by atomic mass is 16.3. The van der Waals surface area contributed by atoms with Crippen LogP contribution in [-0.4, -0.2) is 4.57 Å². The van der Waals surface area contributed by atoms with E-state index in [0.29, 0.717) is 0 Å². The van der Waals surface area contributed by atoms with E-state index in [1.54, 1.807) is 0 Å². The normalized spacial score (nSPS) is 12.0. The zero-order valence-corrected chi connectivity index (χ0v) is 40.6. The van der Waals surface area contributed by atoms with E-state index in [9.17, 15) is 0 Å². The highest BCUT2D eigenvalue weighted by Gasteiger charge is 2.21. The van der Waals surface area contributed by atoms with E-state index in [1.807, 2.05) is 12.1 Å². The van der Waals surface area contributed by atoms with E-state index in [2.05, 4.69) is 253 Å². The number of furan rings is 2. The largest absolute Gasteiger partial charge is 0.455 e. The number of fused-ring (bicyclic) bond motifs is 12. The number of hydrogen-bond donors (Lipinski definition) is 0. The summed E-state index contributed by atoms with van der Waals surface area (Å²) < 4.78 is 15.6. The number of benzene rings is 13. The summed E-state index contributed by atoms with van der Waals surface area (Å²) in [5.41, 5.74) is 18.6. The van der Waals surface area contributed by atoms with Gasteiger partial charge in [0, 0.05) is 49.1 Å². The summed E-state index contributed by atoms with van der Waals surface area (Å²) in [6.45, 7) is 0. The molecule has 0 bridgehead atoms. The highest BCUT2D eigenvalue weighted by molar-refractivity contribution is 6.22. The topological polar surface area (TPSA) is 31.2 Å². The molecule has 348 valence electrons. The maximum absolute atomic E-state index is 6.60. The van der Waals surface area contributed by atoms with Gasteiger partial charge in [-0.1, -0.05) is 206 Å². The molecule has 0 spiro atoms. The molecule has 3 heterocycles. The Hall–Kier alpha value is -9.96. The van der Waals surface area contributed by atoms with Gasteiger partial charge in [-0.15, -0.1) is 0 Å². The van der Waals surface area contributed by atoms with Crippen molar-refractivity contribution in [2.45, 2.75) is 0 Å². The zero-order valence-electron chi connectivity index (χ0n) is 40.6. The second-order valence-corrected chi connectivity index (χ2v) is 19.9. The van der Waals surface area contributed by atoms with Crippen LogP contribution in [0, 0.1) is 0 Å². The summed E-state index contributed by atoms with van der Waals surface area (Å²) in [6, 6.07) is 94.9. The predicted molar refractivity (Wildman–Crippen MR) is 315 cm³/mol. The molecule has 13 aromatic carbocycles. The quantitative estimate of drug-likeness (QED) is 0.156. The molecule has 16 aromatic rings. The first-order valence-corrected chi connectivity index (χ1v) is 25.7. The van der Waals surface area contributed by atoms with Crippen molar-refractivity contribution in [2.75, 3.05) is 0 Å². The number of para-hydroxylation sites is 4. The fourth-order valence-corrected chi connectivity index (χ4v) is 12.3. The van der Waals surface area contributed by atoms with Crippen LogP contribution >= 0.6 is 0 Å². The molecule has 0 radical (unpaired) electrons. The molecular formula is C72H43NO2. The van der Waals surface area contributed by atoms with Crippen molar-refractivity contribution in [1.29, 1.82) is 0 Å². The average Bonchev–Trinajstić information content (AvgIpc) is 4.20. The van der Waals surface area contributed by atoms with Gasteiger partial charge in [-0.2, -0.15) is 0 Å². The maximum atomic E-state index is 6.60. The Balaban J connectivity index is 0.848. The van der Waals surface area contributed by atoms with Crippen LogP contribution in [0.25, 0.3) is 159 Å². The van der Waals surface area contributed by atoms with Crippen molar-refractivity contribution in [2.24, 2.45) is 0 Å². The molecule has 0 aliphatic heterocycles. The Labute approximate surface area is 431 Å². The molecule has 0 amide bonds. The molecule has 0 aliphatic carbocycles. The third-order valence-corrected chi connectivity index (χ3v) is 15.8. The molecule has 0 N–H and O–H groups in total. The van der Waals surface area contributed by atoms with Crippen molar-refractivity contribution in [1.82, 2.24) is 4.57 Å². The second-order valence-electron chi connectivity index (χ2n) is 19.9. The molecule has 0 aliphatic rings. The minimum Gasteiger partial charge on any atom is -0.455 e. The fourth-order valence-electron chi connectivity index (χ4n) is 12.3. The lowest BCUT2D eigenvalue weighted by molar-refractivity contribution is 0.669. The van der Waals surface area contributed by atoms with Gasteiger partial charge in [-0.25, -0.2) is 0 Å². The molecule has 0 saturated carbocycles. The number of aromatic nitrogens is 1. The Morgan fingerprint density at radius 1 is 0.240 bits per heavy atom. The van der Waals surface area contributed by atoms with E-state index in [-0.39, 0.29) is 0 Å². The first-order valence-electron chi connectivity index (χ1n) is 25.7.